The van der Waals surface area contributed by atoms with Crippen LogP contribution in [0.3, 0.4) is 0 Å². The van der Waals surface area contributed by atoms with Gasteiger partial charge in [-0.15, -0.1) is 11.3 Å². The summed E-state index contributed by atoms with van der Waals surface area (Å²) in [6.45, 7) is 4.42. The molecule has 1 heterocycles. The topological polar surface area (TPSA) is 54.0 Å². The van der Waals surface area contributed by atoms with E-state index in [4.69, 9.17) is 0 Å². The summed E-state index contributed by atoms with van der Waals surface area (Å²) in [7, 11) is 0. The molecule has 1 aromatic carbocycles. The molecule has 1 amide bonds. The molecule has 2 N–H and O–H groups in total. The van der Waals surface area contributed by atoms with Crippen LogP contribution in [0, 0.1) is 0 Å². The maximum atomic E-state index is 11.0. The lowest BCUT2D eigenvalue weighted by Crippen LogP contribution is -2.17. The number of hydrogen-bond donors (Lipinski definition) is 2. The predicted molar refractivity (Wildman–Crippen MR) is 78.1 cm³/mol. The summed E-state index contributed by atoms with van der Waals surface area (Å²) >= 11 is 1.64. The second-order valence-corrected chi connectivity index (χ2v) is 5.35. The maximum absolute atomic E-state index is 11.0. The van der Waals surface area contributed by atoms with Crippen LogP contribution in [-0.2, 0) is 11.3 Å². The first-order chi connectivity index (χ1) is 9.15. The third kappa shape index (κ3) is 4.15. The van der Waals surface area contributed by atoms with Crippen LogP contribution < -0.4 is 10.6 Å². The van der Waals surface area contributed by atoms with Gasteiger partial charge in [-0.05, 0) is 24.6 Å². The Balaban J connectivity index is 1.98. The van der Waals surface area contributed by atoms with Crippen LogP contribution in [0.1, 0.15) is 30.3 Å². The van der Waals surface area contributed by atoms with E-state index in [1.807, 2.05) is 29.9 Å². The standard InChI is InChI=1S/C14H17N3OS/c1-10(16-8-14-7-15-9-19-14)12-4-3-5-13(6-12)17-11(2)18/h3-7,9-10,16H,8H2,1-2H3,(H,17,18). The number of hydrogen-bond acceptors (Lipinski definition) is 4. The molecule has 0 aliphatic rings. The minimum atomic E-state index is -0.0533. The van der Waals surface area contributed by atoms with Gasteiger partial charge in [-0.1, -0.05) is 12.1 Å². The van der Waals surface area contributed by atoms with E-state index in [1.165, 1.54) is 11.8 Å². The quantitative estimate of drug-likeness (QED) is 0.882. The van der Waals surface area contributed by atoms with Crippen LogP contribution in [-0.4, -0.2) is 10.9 Å². The highest BCUT2D eigenvalue weighted by Crippen LogP contribution is 2.18. The lowest BCUT2D eigenvalue weighted by atomic mass is 10.1. The molecule has 5 heteroatoms. The largest absolute Gasteiger partial charge is 0.326 e. The van der Waals surface area contributed by atoms with Crippen molar-refractivity contribution >= 4 is 22.9 Å². The number of anilines is 1. The number of aromatic nitrogens is 1. The molecule has 0 spiro atoms. The Morgan fingerprint density at radius 1 is 1.47 bits per heavy atom. The summed E-state index contributed by atoms with van der Waals surface area (Å²) < 4.78 is 0. The van der Waals surface area contributed by atoms with Crippen molar-refractivity contribution in [1.82, 2.24) is 10.3 Å². The van der Waals surface area contributed by atoms with Gasteiger partial charge in [0, 0.05) is 36.3 Å². The molecule has 100 valence electrons. The predicted octanol–water partition coefficient (Wildman–Crippen LogP) is 2.95. The van der Waals surface area contributed by atoms with Crippen molar-refractivity contribution in [3.8, 4) is 0 Å². The minimum absolute atomic E-state index is 0.0533. The van der Waals surface area contributed by atoms with Crippen molar-refractivity contribution in [1.29, 1.82) is 0 Å². The van der Waals surface area contributed by atoms with Crippen molar-refractivity contribution in [2.24, 2.45) is 0 Å². The first-order valence-electron chi connectivity index (χ1n) is 6.13. The molecule has 2 aromatic rings. The van der Waals surface area contributed by atoms with E-state index in [-0.39, 0.29) is 11.9 Å². The van der Waals surface area contributed by atoms with E-state index < -0.39 is 0 Å². The van der Waals surface area contributed by atoms with Crippen LogP contribution >= 0.6 is 11.3 Å². The highest BCUT2D eigenvalue weighted by Gasteiger charge is 2.06. The van der Waals surface area contributed by atoms with Gasteiger partial charge in [0.05, 0.1) is 5.51 Å². The van der Waals surface area contributed by atoms with Gasteiger partial charge in [0.1, 0.15) is 0 Å². The zero-order valence-electron chi connectivity index (χ0n) is 11.0. The number of nitrogens with zero attached hydrogens (tertiary/aromatic N) is 1. The minimum Gasteiger partial charge on any atom is -0.326 e. The normalized spacial score (nSPS) is 12.1. The fraction of sp³-hybridized carbons (Fsp3) is 0.286. The molecule has 0 aliphatic carbocycles. The Labute approximate surface area is 116 Å². The summed E-state index contributed by atoms with van der Waals surface area (Å²) in [5, 5.41) is 6.23. The molecule has 1 aromatic heterocycles. The zero-order valence-corrected chi connectivity index (χ0v) is 11.8. The van der Waals surface area contributed by atoms with Crippen LogP contribution in [0.15, 0.2) is 36.0 Å². The number of thiazole rings is 1. The second kappa shape index (κ2) is 6.45. The number of benzene rings is 1. The molecule has 1 atom stereocenters. The fourth-order valence-electron chi connectivity index (χ4n) is 1.79. The number of rotatable bonds is 5. The molecule has 0 aliphatic heterocycles. The molecule has 0 fully saturated rings. The monoisotopic (exact) mass is 275 g/mol. The molecule has 0 bridgehead atoms. The first kappa shape index (κ1) is 13.7. The summed E-state index contributed by atoms with van der Waals surface area (Å²) in [5.41, 5.74) is 3.81. The molecule has 4 nitrogen and oxygen atoms in total. The van der Waals surface area contributed by atoms with Crippen molar-refractivity contribution in [3.63, 3.8) is 0 Å². The van der Waals surface area contributed by atoms with E-state index in [0.717, 1.165) is 17.8 Å². The van der Waals surface area contributed by atoms with E-state index >= 15 is 0 Å². The molecule has 0 saturated heterocycles. The molecule has 2 rings (SSSR count). The van der Waals surface area contributed by atoms with Gasteiger partial charge < -0.3 is 10.6 Å². The molecular formula is C14H17N3OS. The van der Waals surface area contributed by atoms with Crippen LogP contribution in [0.4, 0.5) is 5.69 Å². The summed E-state index contributed by atoms with van der Waals surface area (Å²) in [6, 6.07) is 8.10. The van der Waals surface area contributed by atoms with E-state index in [0.29, 0.717) is 0 Å². The van der Waals surface area contributed by atoms with Gasteiger partial charge in [0.25, 0.3) is 0 Å². The second-order valence-electron chi connectivity index (χ2n) is 4.38. The van der Waals surface area contributed by atoms with Crippen molar-refractivity contribution in [2.45, 2.75) is 26.4 Å². The zero-order chi connectivity index (χ0) is 13.7. The molecule has 0 saturated carbocycles. The fourth-order valence-corrected chi connectivity index (χ4v) is 2.34. The van der Waals surface area contributed by atoms with Gasteiger partial charge >= 0.3 is 0 Å². The summed E-state index contributed by atoms with van der Waals surface area (Å²) in [5.74, 6) is -0.0533. The summed E-state index contributed by atoms with van der Waals surface area (Å²) in [4.78, 5) is 16.3. The van der Waals surface area contributed by atoms with Crippen LogP contribution in [0.25, 0.3) is 0 Å². The van der Waals surface area contributed by atoms with E-state index in [2.05, 4.69) is 28.6 Å². The third-order valence-corrected chi connectivity index (χ3v) is 3.55. The first-order valence-corrected chi connectivity index (χ1v) is 7.01. The molecule has 19 heavy (non-hydrogen) atoms. The van der Waals surface area contributed by atoms with Gasteiger partial charge in [0.15, 0.2) is 0 Å². The average molecular weight is 275 g/mol. The van der Waals surface area contributed by atoms with E-state index in [1.54, 1.807) is 11.3 Å². The number of carbonyl (C=O) groups is 1. The molecular weight excluding hydrogens is 258 g/mol. The van der Waals surface area contributed by atoms with Crippen molar-refractivity contribution in [2.75, 3.05) is 5.32 Å². The third-order valence-electron chi connectivity index (χ3n) is 2.77. The Hall–Kier alpha value is -1.72. The lowest BCUT2D eigenvalue weighted by Gasteiger charge is -2.14. The van der Waals surface area contributed by atoms with Crippen molar-refractivity contribution < 1.29 is 4.79 Å². The van der Waals surface area contributed by atoms with Crippen LogP contribution in [0.5, 0.6) is 0 Å². The maximum Gasteiger partial charge on any atom is 0.221 e. The van der Waals surface area contributed by atoms with Gasteiger partial charge in [-0.3, -0.25) is 9.78 Å². The smallest absolute Gasteiger partial charge is 0.221 e. The average Bonchev–Trinajstić information content (AvgIpc) is 2.88. The van der Waals surface area contributed by atoms with Gasteiger partial charge in [0.2, 0.25) is 5.91 Å². The number of amides is 1. The lowest BCUT2D eigenvalue weighted by molar-refractivity contribution is -0.114. The Morgan fingerprint density at radius 2 is 2.32 bits per heavy atom. The Morgan fingerprint density at radius 3 is 3.00 bits per heavy atom. The Kier molecular flexibility index (Phi) is 4.65. The van der Waals surface area contributed by atoms with Gasteiger partial charge in [-0.2, -0.15) is 0 Å². The number of nitrogens with one attached hydrogen (secondary N) is 2. The highest BCUT2D eigenvalue weighted by molar-refractivity contribution is 7.09. The van der Waals surface area contributed by atoms with E-state index in [9.17, 15) is 4.79 Å². The summed E-state index contributed by atoms with van der Waals surface area (Å²) in [6.07, 6.45) is 1.87. The SMILES string of the molecule is CC(=O)Nc1cccc(C(C)NCc2cncs2)c1. The van der Waals surface area contributed by atoms with Crippen molar-refractivity contribution in [3.05, 3.63) is 46.4 Å². The van der Waals surface area contributed by atoms with Crippen LogP contribution in [0.2, 0.25) is 0 Å². The van der Waals surface area contributed by atoms with Gasteiger partial charge in [-0.25, -0.2) is 0 Å². The Bertz CT molecular complexity index is 539. The molecule has 1 unspecified atom stereocenters. The molecule has 0 radical (unpaired) electrons. The number of carbonyl (C=O) groups excluding carboxylic acids is 1. The highest BCUT2D eigenvalue weighted by atomic mass is 32.1.